The molecule has 4 aliphatic rings. The van der Waals surface area contributed by atoms with Gasteiger partial charge in [-0.15, -0.1) is 6.61 Å². The van der Waals surface area contributed by atoms with Crippen molar-refractivity contribution < 1.29 is 68.4 Å². The van der Waals surface area contributed by atoms with Crippen molar-refractivity contribution in [2.45, 2.75) is 77.2 Å². The zero-order valence-electron chi connectivity index (χ0n) is 16.8. The first-order valence-electron chi connectivity index (χ1n) is 10.3. The van der Waals surface area contributed by atoms with Crippen LogP contribution in [0, 0.1) is 45.8 Å². The maximum atomic E-state index is 12.5. The van der Waals surface area contributed by atoms with Crippen molar-refractivity contribution in [3.63, 3.8) is 0 Å². The number of rotatable bonds is 1. The van der Waals surface area contributed by atoms with Crippen LogP contribution in [-0.4, -0.2) is 17.3 Å². The minimum atomic E-state index is -0.574. The van der Waals surface area contributed by atoms with Crippen LogP contribution in [0.15, 0.2) is 11.6 Å². The van der Waals surface area contributed by atoms with Crippen molar-refractivity contribution >= 4 is 0 Å². The molecule has 0 saturated heterocycles. The SMILES string of the molecule is C[C@@]1(O)CC[C@@]2(C[O-])[C@H](CC[C@@H]3[C@@H]2CC[C@]2(C)/C(=C\C#N)CC[C@@H]32)C1.[Rb+]. The third-order valence-electron chi connectivity index (χ3n) is 9.01. The Kier molecular flexibility index (Phi) is 6.38. The van der Waals surface area contributed by atoms with Gasteiger partial charge in [-0.2, -0.15) is 5.26 Å². The quantitative estimate of drug-likeness (QED) is 0.622. The van der Waals surface area contributed by atoms with Gasteiger partial charge in [0.05, 0.1) is 11.7 Å². The minimum Gasteiger partial charge on any atom is -0.854 e. The third-order valence-corrected chi connectivity index (χ3v) is 9.01. The van der Waals surface area contributed by atoms with E-state index in [1.54, 1.807) is 0 Å². The molecule has 0 radical (unpaired) electrons. The van der Waals surface area contributed by atoms with Crippen molar-refractivity contribution in [2.24, 2.45) is 34.5 Å². The summed E-state index contributed by atoms with van der Waals surface area (Å²) in [4.78, 5) is 0. The Morgan fingerprint density at radius 3 is 2.62 bits per heavy atom. The van der Waals surface area contributed by atoms with E-state index in [-0.39, 0.29) is 75.6 Å². The van der Waals surface area contributed by atoms with Gasteiger partial charge in [0, 0.05) is 6.08 Å². The molecule has 4 aliphatic carbocycles. The second-order valence-corrected chi connectivity index (χ2v) is 10.0. The van der Waals surface area contributed by atoms with Crippen LogP contribution < -0.4 is 63.3 Å². The van der Waals surface area contributed by atoms with Crippen molar-refractivity contribution in [1.82, 2.24) is 0 Å². The molecule has 0 unspecified atom stereocenters. The Hall–Kier alpha value is 0.955. The number of nitriles is 1. The van der Waals surface area contributed by atoms with E-state index in [1.165, 1.54) is 18.4 Å². The fourth-order valence-corrected chi connectivity index (χ4v) is 7.68. The molecule has 3 nitrogen and oxygen atoms in total. The van der Waals surface area contributed by atoms with Gasteiger partial charge in [0.2, 0.25) is 0 Å². The Morgan fingerprint density at radius 2 is 1.92 bits per heavy atom. The number of hydrogen-bond donors (Lipinski definition) is 1. The standard InChI is InChI=1S/C22H32NO2.Rb/c1-20(25)10-11-22(14-24)16(13-20)3-5-17-18-6-4-15(8-12-23)21(18,2)9-7-19(17)22;/h8,16-19,25H,3-7,9-11,13-14H2,1-2H3;/q-1;+1/b15-8-;/t16-,17+,18+,19+,20-,21-,22-;/m1./s1. The number of nitrogens with zero attached hydrogens (tertiary/aromatic N) is 1. The number of hydrogen-bond acceptors (Lipinski definition) is 3. The second kappa shape index (κ2) is 7.65. The smallest absolute Gasteiger partial charge is 0.854 e. The van der Waals surface area contributed by atoms with E-state index in [0.717, 1.165) is 44.9 Å². The van der Waals surface area contributed by atoms with Crippen LogP contribution >= 0.6 is 0 Å². The number of fused-ring (bicyclic) bond motifs is 5. The van der Waals surface area contributed by atoms with Crippen molar-refractivity contribution in [3.8, 4) is 6.07 Å². The van der Waals surface area contributed by atoms with Crippen molar-refractivity contribution in [2.75, 3.05) is 6.61 Å². The summed E-state index contributed by atoms with van der Waals surface area (Å²) in [7, 11) is 0. The molecule has 0 aromatic rings. The van der Waals surface area contributed by atoms with Crippen LogP contribution in [0.3, 0.4) is 0 Å². The normalized spacial score (nSPS) is 51.6. The molecule has 7 atom stereocenters. The number of aliphatic hydroxyl groups is 1. The van der Waals surface area contributed by atoms with E-state index in [9.17, 15) is 10.2 Å². The molecule has 4 saturated carbocycles. The molecule has 4 rings (SSSR count). The molecular weight excluding hydrogens is 396 g/mol. The summed E-state index contributed by atoms with van der Waals surface area (Å²) in [5, 5.41) is 32.2. The van der Waals surface area contributed by atoms with Gasteiger partial charge in [-0.1, -0.05) is 12.5 Å². The average molecular weight is 428 g/mol. The average Bonchev–Trinajstić information content (AvgIpc) is 2.91. The molecule has 0 aliphatic heterocycles. The predicted molar refractivity (Wildman–Crippen MR) is 95.2 cm³/mol. The first kappa shape index (κ1) is 21.7. The molecule has 1 N–H and O–H groups in total. The number of allylic oxidation sites excluding steroid dienone is 2. The Balaban J connectivity index is 0.00000196. The molecule has 4 heteroatoms. The zero-order valence-corrected chi connectivity index (χ0v) is 21.7. The van der Waals surface area contributed by atoms with Crippen LogP contribution in [0.5, 0.6) is 0 Å². The Morgan fingerprint density at radius 1 is 1.15 bits per heavy atom. The van der Waals surface area contributed by atoms with Gasteiger partial charge in [-0.3, -0.25) is 0 Å². The van der Waals surface area contributed by atoms with Crippen LogP contribution in [0.1, 0.15) is 71.6 Å². The predicted octanol–water partition coefficient (Wildman–Crippen LogP) is 0.574. The van der Waals surface area contributed by atoms with E-state index in [1.807, 2.05) is 13.0 Å². The molecule has 0 bridgehead atoms. The van der Waals surface area contributed by atoms with Gasteiger partial charge < -0.3 is 10.2 Å². The summed E-state index contributed by atoms with van der Waals surface area (Å²) in [5.74, 6) is 2.25. The van der Waals surface area contributed by atoms with Crippen LogP contribution in [0.2, 0.25) is 0 Å². The summed E-state index contributed by atoms with van der Waals surface area (Å²) in [6.07, 6.45) is 11.2. The van der Waals surface area contributed by atoms with Crippen LogP contribution in [0.4, 0.5) is 0 Å². The topological polar surface area (TPSA) is 67.1 Å². The summed E-state index contributed by atoms with van der Waals surface area (Å²) >= 11 is 0. The summed E-state index contributed by atoms with van der Waals surface area (Å²) < 4.78 is 0. The molecule has 138 valence electrons. The van der Waals surface area contributed by atoms with Crippen LogP contribution in [-0.2, 0) is 0 Å². The van der Waals surface area contributed by atoms with Crippen LogP contribution in [0.25, 0.3) is 0 Å². The maximum absolute atomic E-state index is 12.5. The Bertz CT molecular complexity index is 624. The fourth-order valence-electron chi connectivity index (χ4n) is 7.68. The van der Waals surface area contributed by atoms with Crippen molar-refractivity contribution in [1.29, 1.82) is 5.26 Å². The molecular formula is C22H32NO2Rb. The van der Waals surface area contributed by atoms with E-state index < -0.39 is 5.60 Å². The fraction of sp³-hybridized carbons (Fsp3) is 0.864. The van der Waals surface area contributed by atoms with E-state index >= 15 is 0 Å². The molecule has 0 aromatic heterocycles. The molecule has 0 spiro atoms. The van der Waals surface area contributed by atoms with Crippen molar-refractivity contribution in [3.05, 3.63) is 11.6 Å². The van der Waals surface area contributed by atoms with E-state index in [4.69, 9.17) is 5.26 Å². The van der Waals surface area contributed by atoms with E-state index in [2.05, 4.69) is 13.0 Å². The Labute approximate surface area is 207 Å². The maximum Gasteiger partial charge on any atom is 1.00 e. The summed E-state index contributed by atoms with van der Waals surface area (Å²) in [5.41, 5.74) is 0.903. The van der Waals surface area contributed by atoms with Gasteiger partial charge in [-0.05, 0) is 99.2 Å². The largest absolute Gasteiger partial charge is 1.00 e. The zero-order chi connectivity index (χ0) is 17.9. The van der Waals surface area contributed by atoms with E-state index in [0.29, 0.717) is 23.7 Å². The van der Waals surface area contributed by atoms with Gasteiger partial charge in [0.1, 0.15) is 0 Å². The summed E-state index contributed by atoms with van der Waals surface area (Å²) in [6.45, 7) is 4.38. The van der Waals surface area contributed by atoms with Gasteiger partial charge >= 0.3 is 58.2 Å². The van der Waals surface area contributed by atoms with Gasteiger partial charge in [0.25, 0.3) is 0 Å². The second-order valence-electron chi connectivity index (χ2n) is 10.0. The monoisotopic (exact) mass is 427 g/mol. The molecule has 26 heavy (non-hydrogen) atoms. The molecule has 0 aromatic carbocycles. The minimum absolute atomic E-state index is 0. The first-order chi connectivity index (χ1) is 11.9. The van der Waals surface area contributed by atoms with Gasteiger partial charge in [0.15, 0.2) is 0 Å². The molecule has 0 heterocycles. The van der Waals surface area contributed by atoms with Gasteiger partial charge in [-0.25, -0.2) is 0 Å². The summed E-state index contributed by atoms with van der Waals surface area (Å²) in [6, 6.07) is 2.27. The molecule has 4 fully saturated rings. The molecule has 0 amide bonds. The first-order valence-corrected chi connectivity index (χ1v) is 10.3. The third kappa shape index (κ3) is 3.19.